The van der Waals surface area contributed by atoms with E-state index in [9.17, 15) is 4.39 Å². The van der Waals surface area contributed by atoms with Crippen LogP contribution in [0.4, 0.5) is 4.39 Å². The van der Waals surface area contributed by atoms with Crippen molar-refractivity contribution in [3.63, 3.8) is 0 Å². The van der Waals surface area contributed by atoms with E-state index in [4.69, 9.17) is 0 Å². The normalized spacial score (nSPS) is 11.0. The summed E-state index contributed by atoms with van der Waals surface area (Å²) < 4.78 is 14.6. The van der Waals surface area contributed by atoms with E-state index >= 15 is 0 Å². The Bertz CT molecular complexity index is 240. The van der Waals surface area contributed by atoms with E-state index in [0.29, 0.717) is 12.1 Å². The van der Waals surface area contributed by atoms with Gasteiger partial charge >= 0.3 is 0 Å². The lowest BCUT2D eigenvalue weighted by molar-refractivity contribution is 0.500. The summed E-state index contributed by atoms with van der Waals surface area (Å²) in [5, 5.41) is 3.93. The first-order chi connectivity index (χ1) is 5.16. The molecule has 3 heteroatoms. The van der Waals surface area contributed by atoms with Crippen molar-refractivity contribution >= 4 is 0 Å². The van der Waals surface area contributed by atoms with E-state index < -0.39 is 0 Å². The maximum Gasteiger partial charge on any atom is 0.164 e. The minimum Gasteiger partial charge on any atom is -0.264 e. The highest BCUT2D eigenvalue weighted by molar-refractivity contribution is 5.04. The first kappa shape index (κ1) is 8.24. The molecule has 0 spiro atoms. The molecule has 0 radical (unpaired) electrons. The molecule has 2 nitrogen and oxygen atoms in total. The van der Waals surface area contributed by atoms with Gasteiger partial charge in [0.15, 0.2) is 5.82 Å². The van der Waals surface area contributed by atoms with Crippen molar-refractivity contribution < 1.29 is 4.39 Å². The number of rotatable bonds is 2. The molecule has 0 saturated carbocycles. The van der Waals surface area contributed by atoms with E-state index in [1.54, 1.807) is 4.68 Å². The van der Waals surface area contributed by atoms with Crippen molar-refractivity contribution in [3.05, 3.63) is 17.7 Å². The summed E-state index contributed by atoms with van der Waals surface area (Å²) in [6.45, 7) is 5.91. The van der Waals surface area contributed by atoms with Crippen molar-refractivity contribution in [1.29, 1.82) is 0 Å². The van der Waals surface area contributed by atoms with Crippen LogP contribution in [0.15, 0.2) is 6.20 Å². The summed E-state index contributed by atoms with van der Waals surface area (Å²) in [6.07, 6.45) is 1.98. The molecule has 0 aliphatic heterocycles. The molecule has 0 aliphatic carbocycles. The van der Waals surface area contributed by atoms with Crippen LogP contribution in [0, 0.1) is 5.82 Å². The minimum atomic E-state index is -0.193. The molecule has 62 valence electrons. The van der Waals surface area contributed by atoms with Crippen molar-refractivity contribution in [2.45, 2.75) is 33.2 Å². The lowest BCUT2D eigenvalue weighted by atomic mass is 10.3. The van der Waals surface area contributed by atoms with Crippen LogP contribution in [0.2, 0.25) is 0 Å². The highest BCUT2D eigenvalue weighted by Crippen LogP contribution is 2.12. The third-order valence-corrected chi connectivity index (χ3v) is 1.67. The van der Waals surface area contributed by atoms with Gasteiger partial charge in [0.1, 0.15) is 0 Å². The molecule has 0 aromatic carbocycles. The zero-order valence-corrected chi connectivity index (χ0v) is 7.13. The van der Waals surface area contributed by atoms with Crippen LogP contribution in [0.5, 0.6) is 0 Å². The number of aromatic nitrogens is 2. The molecule has 0 N–H and O–H groups in total. The summed E-state index contributed by atoms with van der Waals surface area (Å²) in [6, 6.07) is 0.245. The number of hydrogen-bond donors (Lipinski definition) is 0. The first-order valence-corrected chi connectivity index (χ1v) is 3.88. The van der Waals surface area contributed by atoms with Crippen molar-refractivity contribution in [1.82, 2.24) is 9.78 Å². The largest absolute Gasteiger partial charge is 0.264 e. The lowest BCUT2D eigenvalue weighted by Crippen LogP contribution is -2.07. The smallest absolute Gasteiger partial charge is 0.164 e. The van der Waals surface area contributed by atoms with Gasteiger partial charge in [-0.25, -0.2) is 4.39 Å². The highest BCUT2D eigenvalue weighted by atomic mass is 19.1. The SMILES string of the molecule is CCc1c(F)cnn1C(C)C. The van der Waals surface area contributed by atoms with Crippen LogP contribution in [-0.4, -0.2) is 9.78 Å². The molecular weight excluding hydrogens is 143 g/mol. The molecule has 1 heterocycles. The minimum absolute atomic E-state index is 0.193. The fourth-order valence-corrected chi connectivity index (χ4v) is 1.14. The average molecular weight is 156 g/mol. The molecule has 1 rings (SSSR count). The highest BCUT2D eigenvalue weighted by Gasteiger charge is 2.09. The van der Waals surface area contributed by atoms with E-state index in [2.05, 4.69) is 5.10 Å². The van der Waals surface area contributed by atoms with Gasteiger partial charge in [-0.3, -0.25) is 4.68 Å². The topological polar surface area (TPSA) is 17.8 Å². The standard InChI is InChI=1S/C8H13FN2/c1-4-8-7(9)5-10-11(8)6(2)3/h5-6H,4H2,1-3H3. The zero-order chi connectivity index (χ0) is 8.43. The summed E-state index contributed by atoms with van der Waals surface area (Å²) in [7, 11) is 0. The molecule has 1 aromatic heterocycles. The number of hydrogen-bond acceptors (Lipinski definition) is 1. The fraction of sp³-hybridized carbons (Fsp3) is 0.625. The quantitative estimate of drug-likeness (QED) is 0.641. The zero-order valence-electron chi connectivity index (χ0n) is 7.13. The van der Waals surface area contributed by atoms with Gasteiger partial charge in [-0.15, -0.1) is 0 Å². The van der Waals surface area contributed by atoms with Gasteiger partial charge < -0.3 is 0 Å². The molecule has 0 unspecified atom stereocenters. The predicted molar refractivity (Wildman–Crippen MR) is 41.9 cm³/mol. The van der Waals surface area contributed by atoms with Crippen molar-refractivity contribution in [3.8, 4) is 0 Å². The maximum atomic E-state index is 12.9. The molecule has 0 atom stereocenters. The molecule has 1 aromatic rings. The Hall–Kier alpha value is -0.860. The second-order valence-electron chi connectivity index (χ2n) is 2.83. The first-order valence-electron chi connectivity index (χ1n) is 3.88. The Morgan fingerprint density at radius 2 is 2.27 bits per heavy atom. The van der Waals surface area contributed by atoms with E-state index in [0.717, 1.165) is 0 Å². The summed E-state index contributed by atoms with van der Waals surface area (Å²) >= 11 is 0. The Morgan fingerprint density at radius 3 is 2.64 bits per heavy atom. The van der Waals surface area contributed by atoms with E-state index in [1.165, 1.54) is 6.20 Å². The Labute approximate surface area is 66.0 Å². The Kier molecular flexibility index (Phi) is 2.27. The van der Waals surface area contributed by atoms with Crippen LogP contribution >= 0.6 is 0 Å². The summed E-state index contributed by atoms with van der Waals surface area (Å²) in [4.78, 5) is 0. The van der Waals surface area contributed by atoms with Crippen LogP contribution in [0.3, 0.4) is 0 Å². The molecule has 0 bridgehead atoms. The Balaban J connectivity index is 3.05. The van der Waals surface area contributed by atoms with Gasteiger partial charge in [0, 0.05) is 6.04 Å². The second-order valence-corrected chi connectivity index (χ2v) is 2.83. The lowest BCUT2D eigenvalue weighted by Gasteiger charge is -2.08. The van der Waals surface area contributed by atoms with Gasteiger partial charge in [-0.05, 0) is 20.3 Å². The fourth-order valence-electron chi connectivity index (χ4n) is 1.14. The average Bonchev–Trinajstić information content (AvgIpc) is 2.30. The molecule has 11 heavy (non-hydrogen) atoms. The van der Waals surface area contributed by atoms with Crippen LogP contribution < -0.4 is 0 Å². The van der Waals surface area contributed by atoms with Crippen molar-refractivity contribution in [2.75, 3.05) is 0 Å². The molecule has 0 saturated heterocycles. The van der Waals surface area contributed by atoms with E-state index in [-0.39, 0.29) is 11.9 Å². The molecule has 0 amide bonds. The van der Waals surface area contributed by atoms with Gasteiger partial charge in [0.05, 0.1) is 11.9 Å². The third kappa shape index (κ3) is 1.42. The number of nitrogens with zero attached hydrogens (tertiary/aromatic N) is 2. The third-order valence-electron chi connectivity index (χ3n) is 1.67. The summed E-state index contributed by atoms with van der Waals surface area (Å²) in [5.74, 6) is -0.193. The molecule has 0 aliphatic rings. The van der Waals surface area contributed by atoms with E-state index in [1.807, 2.05) is 20.8 Å². The summed E-state index contributed by atoms with van der Waals surface area (Å²) in [5.41, 5.74) is 0.694. The number of halogens is 1. The van der Waals surface area contributed by atoms with Crippen LogP contribution in [-0.2, 0) is 6.42 Å². The second kappa shape index (κ2) is 3.03. The van der Waals surface area contributed by atoms with Gasteiger partial charge in [-0.2, -0.15) is 5.10 Å². The van der Waals surface area contributed by atoms with Gasteiger partial charge in [0.2, 0.25) is 0 Å². The van der Waals surface area contributed by atoms with Crippen LogP contribution in [0.1, 0.15) is 32.5 Å². The monoisotopic (exact) mass is 156 g/mol. The van der Waals surface area contributed by atoms with Gasteiger partial charge in [0.25, 0.3) is 0 Å². The van der Waals surface area contributed by atoms with Crippen molar-refractivity contribution in [2.24, 2.45) is 0 Å². The maximum absolute atomic E-state index is 12.9. The Morgan fingerprint density at radius 1 is 1.64 bits per heavy atom. The van der Waals surface area contributed by atoms with Gasteiger partial charge in [-0.1, -0.05) is 6.92 Å². The van der Waals surface area contributed by atoms with Crippen LogP contribution in [0.25, 0.3) is 0 Å². The molecular formula is C8H13FN2. The predicted octanol–water partition coefficient (Wildman–Crippen LogP) is 2.17. The molecule has 0 fully saturated rings.